The fourth-order valence-electron chi connectivity index (χ4n) is 3.88. The number of amides is 2. The molecule has 6 nitrogen and oxygen atoms in total. The second-order valence-corrected chi connectivity index (χ2v) is 7.17. The summed E-state index contributed by atoms with van der Waals surface area (Å²) in [7, 11) is 1.72. The number of hydrogen-bond acceptors (Lipinski definition) is 4. The fraction of sp³-hybridized carbons (Fsp3) is 0.824. The van der Waals surface area contributed by atoms with Crippen LogP contribution in [0.3, 0.4) is 0 Å². The van der Waals surface area contributed by atoms with Gasteiger partial charge < -0.3 is 10.6 Å². The number of carbonyl (C=O) groups excluding carboxylic acids is 2. The molecule has 23 heavy (non-hydrogen) atoms. The lowest BCUT2D eigenvalue weighted by Gasteiger charge is -2.44. The van der Waals surface area contributed by atoms with Crippen LogP contribution in [-0.4, -0.2) is 52.8 Å². The van der Waals surface area contributed by atoms with Crippen molar-refractivity contribution in [1.82, 2.24) is 9.80 Å². The van der Waals surface area contributed by atoms with Crippen LogP contribution in [0.4, 0.5) is 0 Å². The molecule has 0 aromatic rings. The van der Waals surface area contributed by atoms with Crippen LogP contribution in [0, 0.1) is 11.3 Å². The standard InChI is InChI=1S/C17H28N4O2/c1-16(15(19)23)8-6-7-11-21(16)12-14(22)20(2)17(13-18)9-4-3-5-10-17/h3-12H2,1-2H3,(H2,19,23). The Kier molecular flexibility index (Phi) is 5.30. The van der Waals surface area contributed by atoms with E-state index in [1.54, 1.807) is 11.9 Å². The minimum absolute atomic E-state index is 0.0946. The molecular formula is C17H28N4O2. The number of primary amides is 1. The average Bonchev–Trinajstić information content (AvgIpc) is 2.56. The number of piperidine rings is 1. The Morgan fingerprint density at radius 3 is 2.35 bits per heavy atom. The van der Waals surface area contributed by atoms with Gasteiger partial charge in [-0.3, -0.25) is 14.5 Å². The molecule has 2 rings (SSSR count). The summed E-state index contributed by atoms with van der Waals surface area (Å²) in [5.74, 6) is -0.469. The smallest absolute Gasteiger partial charge is 0.237 e. The van der Waals surface area contributed by atoms with E-state index in [9.17, 15) is 14.9 Å². The van der Waals surface area contributed by atoms with E-state index in [-0.39, 0.29) is 18.4 Å². The molecule has 1 saturated heterocycles. The Morgan fingerprint density at radius 2 is 1.78 bits per heavy atom. The lowest BCUT2D eigenvalue weighted by atomic mass is 9.81. The predicted molar refractivity (Wildman–Crippen MR) is 87.2 cm³/mol. The Hall–Kier alpha value is -1.61. The molecular weight excluding hydrogens is 292 g/mol. The van der Waals surface area contributed by atoms with Crippen molar-refractivity contribution in [2.24, 2.45) is 5.73 Å². The number of hydrogen-bond donors (Lipinski definition) is 1. The van der Waals surface area contributed by atoms with Gasteiger partial charge in [-0.15, -0.1) is 0 Å². The maximum absolute atomic E-state index is 12.8. The van der Waals surface area contributed by atoms with E-state index in [1.165, 1.54) is 0 Å². The summed E-state index contributed by atoms with van der Waals surface area (Å²) in [6.07, 6.45) is 7.14. The third-order valence-electron chi connectivity index (χ3n) is 5.80. The summed E-state index contributed by atoms with van der Waals surface area (Å²) in [6.45, 7) is 2.67. The first-order valence-corrected chi connectivity index (χ1v) is 8.59. The van der Waals surface area contributed by atoms with Crippen LogP contribution in [0.25, 0.3) is 0 Å². The summed E-state index contributed by atoms with van der Waals surface area (Å²) < 4.78 is 0. The third-order valence-corrected chi connectivity index (χ3v) is 5.80. The van der Waals surface area contributed by atoms with Gasteiger partial charge in [0.25, 0.3) is 0 Å². The van der Waals surface area contributed by atoms with E-state index in [0.717, 1.165) is 44.9 Å². The Labute approximate surface area is 138 Å². The van der Waals surface area contributed by atoms with Crippen LogP contribution in [0.2, 0.25) is 0 Å². The Balaban J connectivity index is 2.10. The van der Waals surface area contributed by atoms with E-state index >= 15 is 0 Å². The zero-order valence-electron chi connectivity index (χ0n) is 14.3. The van der Waals surface area contributed by atoms with Crippen molar-refractivity contribution in [3.63, 3.8) is 0 Å². The summed E-state index contributed by atoms with van der Waals surface area (Å²) in [6, 6.07) is 2.37. The monoisotopic (exact) mass is 320 g/mol. The molecule has 1 aliphatic carbocycles. The summed E-state index contributed by atoms with van der Waals surface area (Å²) in [4.78, 5) is 28.1. The van der Waals surface area contributed by atoms with Crippen LogP contribution in [0.15, 0.2) is 0 Å². The highest BCUT2D eigenvalue weighted by atomic mass is 16.2. The molecule has 0 radical (unpaired) electrons. The first-order chi connectivity index (χ1) is 10.9. The lowest BCUT2D eigenvalue weighted by molar-refractivity contribution is -0.142. The van der Waals surface area contributed by atoms with Gasteiger partial charge in [-0.1, -0.05) is 19.3 Å². The van der Waals surface area contributed by atoms with Crippen LogP contribution >= 0.6 is 0 Å². The highest BCUT2D eigenvalue weighted by Gasteiger charge is 2.43. The molecule has 0 aromatic heterocycles. The van der Waals surface area contributed by atoms with Crippen molar-refractivity contribution >= 4 is 11.8 Å². The van der Waals surface area contributed by atoms with Gasteiger partial charge in [0, 0.05) is 7.05 Å². The van der Waals surface area contributed by atoms with E-state index in [2.05, 4.69) is 6.07 Å². The van der Waals surface area contributed by atoms with Crippen molar-refractivity contribution < 1.29 is 9.59 Å². The first-order valence-electron chi connectivity index (χ1n) is 8.59. The van der Waals surface area contributed by atoms with E-state index in [4.69, 9.17) is 5.73 Å². The van der Waals surface area contributed by atoms with Gasteiger partial charge in [0.1, 0.15) is 5.54 Å². The quantitative estimate of drug-likeness (QED) is 0.847. The van der Waals surface area contributed by atoms with Gasteiger partial charge in [0.05, 0.1) is 18.2 Å². The largest absolute Gasteiger partial charge is 0.368 e. The van der Waals surface area contributed by atoms with Gasteiger partial charge in [-0.2, -0.15) is 5.26 Å². The minimum Gasteiger partial charge on any atom is -0.368 e. The molecule has 2 aliphatic rings. The fourth-order valence-corrected chi connectivity index (χ4v) is 3.88. The zero-order chi connectivity index (χ0) is 17.1. The molecule has 1 aliphatic heterocycles. The van der Waals surface area contributed by atoms with Crippen molar-refractivity contribution in [1.29, 1.82) is 5.26 Å². The molecule has 1 atom stereocenters. The van der Waals surface area contributed by atoms with Gasteiger partial charge >= 0.3 is 0 Å². The number of carbonyl (C=O) groups is 2. The predicted octanol–water partition coefficient (Wildman–Crippen LogP) is 1.40. The van der Waals surface area contributed by atoms with Crippen LogP contribution in [0.1, 0.15) is 58.3 Å². The number of rotatable bonds is 4. The molecule has 2 N–H and O–H groups in total. The molecule has 0 spiro atoms. The molecule has 2 fully saturated rings. The highest BCUT2D eigenvalue weighted by molar-refractivity contribution is 5.86. The molecule has 128 valence electrons. The van der Waals surface area contributed by atoms with Crippen LogP contribution in [0.5, 0.6) is 0 Å². The summed E-state index contributed by atoms with van der Waals surface area (Å²) >= 11 is 0. The second kappa shape index (κ2) is 6.88. The molecule has 1 unspecified atom stereocenters. The van der Waals surface area contributed by atoms with Crippen molar-refractivity contribution in [2.45, 2.75) is 69.4 Å². The normalized spacial score (nSPS) is 27.9. The molecule has 1 heterocycles. The number of nitriles is 1. The van der Waals surface area contributed by atoms with Crippen LogP contribution < -0.4 is 5.73 Å². The molecule has 0 bridgehead atoms. The van der Waals surface area contributed by atoms with E-state index in [0.29, 0.717) is 13.0 Å². The van der Waals surface area contributed by atoms with Gasteiger partial charge in [-0.05, 0) is 45.6 Å². The SMILES string of the molecule is CN(C(=O)CN1CCCCC1(C)C(N)=O)C1(C#N)CCCCC1. The maximum atomic E-state index is 12.8. The Bertz CT molecular complexity index is 507. The summed E-state index contributed by atoms with van der Waals surface area (Å²) in [5.41, 5.74) is 4.13. The lowest BCUT2D eigenvalue weighted by Crippen LogP contribution is -2.61. The number of nitrogens with zero attached hydrogens (tertiary/aromatic N) is 3. The van der Waals surface area contributed by atoms with Crippen LogP contribution in [-0.2, 0) is 9.59 Å². The number of likely N-dealkylation sites (N-methyl/N-ethyl adjacent to an activating group) is 1. The van der Waals surface area contributed by atoms with Crippen molar-refractivity contribution in [2.75, 3.05) is 20.1 Å². The topological polar surface area (TPSA) is 90.4 Å². The maximum Gasteiger partial charge on any atom is 0.237 e. The van der Waals surface area contributed by atoms with E-state index < -0.39 is 11.1 Å². The molecule has 0 aromatic carbocycles. The zero-order valence-corrected chi connectivity index (χ0v) is 14.3. The minimum atomic E-state index is -0.763. The first kappa shape index (κ1) is 17.7. The average molecular weight is 320 g/mol. The summed E-state index contributed by atoms with van der Waals surface area (Å²) in [5, 5.41) is 9.63. The number of likely N-dealkylation sites (tertiary alicyclic amines) is 1. The van der Waals surface area contributed by atoms with Gasteiger partial charge in [0.2, 0.25) is 11.8 Å². The number of nitrogens with two attached hydrogens (primary N) is 1. The van der Waals surface area contributed by atoms with Crippen molar-refractivity contribution in [3.05, 3.63) is 0 Å². The van der Waals surface area contributed by atoms with E-state index in [1.807, 2.05) is 11.8 Å². The van der Waals surface area contributed by atoms with Gasteiger partial charge in [-0.25, -0.2) is 0 Å². The molecule has 2 amide bonds. The molecule has 1 saturated carbocycles. The highest BCUT2D eigenvalue weighted by Crippen LogP contribution is 2.33. The van der Waals surface area contributed by atoms with Gasteiger partial charge in [0.15, 0.2) is 0 Å². The Morgan fingerprint density at radius 1 is 1.17 bits per heavy atom. The third kappa shape index (κ3) is 3.35. The second-order valence-electron chi connectivity index (χ2n) is 7.17. The molecule has 6 heteroatoms. The van der Waals surface area contributed by atoms with Crippen molar-refractivity contribution in [3.8, 4) is 6.07 Å².